The highest BCUT2D eigenvalue weighted by molar-refractivity contribution is 7.22. The van der Waals surface area contributed by atoms with Gasteiger partial charge in [-0.05, 0) is 128 Å². The van der Waals surface area contributed by atoms with Crippen molar-refractivity contribution in [1.82, 2.24) is 9.80 Å². The number of methoxy groups -OCH3 is 1. The maximum atomic E-state index is 9.64. The van der Waals surface area contributed by atoms with E-state index in [0.29, 0.717) is 13.2 Å². The summed E-state index contributed by atoms with van der Waals surface area (Å²) in [4.78, 5) is 6.12. The van der Waals surface area contributed by atoms with Crippen molar-refractivity contribution in [3.8, 4) is 27.7 Å². The Bertz CT molecular complexity index is 1780. The van der Waals surface area contributed by atoms with Crippen LogP contribution in [0.4, 0.5) is 0 Å². The molecule has 2 fully saturated rings. The van der Waals surface area contributed by atoms with Gasteiger partial charge in [-0.15, -0.1) is 11.3 Å². The lowest BCUT2D eigenvalue weighted by Gasteiger charge is -2.22. The second kappa shape index (κ2) is 15.6. The summed E-state index contributed by atoms with van der Waals surface area (Å²) in [6.45, 7) is 6.53. The molecule has 2 aliphatic rings. The monoisotopic (exact) mass is 662 g/mol. The third kappa shape index (κ3) is 7.71. The second-order valence-electron chi connectivity index (χ2n) is 13.0. The number of aliphatic hydroxyl groups is 1. The summed E-state index contributed by atoms with van der Waals surface area (Å²) in [5.74, 6) is 2.72. The molecule has 0 amide bonds. The van der Waals surface area contributed by atoms with Gasteiger partial charge in [0.05, 0.1) is 13.7 Å². The lowest BCUT2D eigenvalue weighted by Crippen LogP contribution is -2.35. The van der Waals surface area contributed by atoms with Crippen molar-refractivity contribution >= 4 is 21.4 Å². The van der Waals surface area contributed by atoms with Crippen LogP contribution in [0.5, 0.6) is 17.2 Å². The van der Waals surface area contributed by atoms with Crippen LogP contribution in [-0.2, 0) is 19.6 Å². The molecule has 0 bridgehead atoms. The van der Waals surface area contributed by atoms with Crippen molar-refractivity contribution < 1.29 is 19.3 Å². The zero-order valence-corrected chi connectivity index (χ0v) is 28.7. The van der Waals surface area contributed by atoms with Crippen molar-refractivity contribution in [2.45, 2.75) is 51.3 Å². The fourth-order valence-electron chi connectivity index (χ4n) is 7.16. The van der Waals surface area contributed by atoms with Crippen molar-refractivity contribution in [1.29, 1.82) is 0 Å². The fraction of sp³-hybridized carbons (Fsp3) is 0.366. The molecule has 5 aromatic rings. The van der Waals surface area contributed by atoms with Gasteiger partial charge in [0.25, 0.3) is 0 Å². The Balaban J connectivity index is 1.14. The van der Waals surface area contributed by atoms with E-state index in [4.69, 9.17) is 14.2 Å². The molecule has 0 radical (unpaired) electrons. The van der Waals surface area contributed by atoms with Gasteiger partial charge in [-0.25, -0.2) is 0 Å². The largest absolute Gasteiger partial charge is 0.496 e. The Morgan fingerprint density at radius 2 is 1.62 bits per heavy atom. The Morgan fingerprint density at radius 3 is 2.42 bits per heavy atom. The van der Waals surface area contributed by atoms with Gasteiger partial charge in [-0.1, -0.05) is 42.5 Å². The highest BCUT2D eigenvalue weighted by Gasteiger charge is 2.23. The maximum Gasteiger partial charge on any atom is 0.123 e. The lowest BCUT2D eigenvalue weighted by molar-refractivity contribution is 0.139. The van der Waals surface area contributed by atoms with E-state index in [9.17, 15) is 5.11 Å². The van der Waals surface area contributed by atoms with Crippen molar-refractivity contribution in [2.24, 2.45) is 0 Å². The molecule has 0 aliphatic carbocycles. The molecular weight excluding hydrogens is 617 g/mol. The Hall–Kier alpha value is -3.88. The Labute approximate surface area is 288 Å². The fourth-order valence-corrected chi connectivity index (χ4v) is 8.42. The van der Waals surface area contributed by atoms with E-state index in [1.807, 2.05) is 29.5 Å². The Morgan fingerprint density at radius 1 is 0.812 bits per heavy atom. The van der Waals surface area contributed by atoms with Crippen LogP contribution in [0, 0.1) is 0 Å². The second-order valence-corrected chi connectivity index (χ2v) is 14.1. The molecule has 6 nitrogen and oxygen atoms in total. The van der Waals surface area contributed by atoms with Crippen LogP contribution in [0.1, 0.15) is 47.9 Å². The number of fused-ring (bicyclic) bond motifs is 1. The van der Waals surface area contributed by atoms with Crippen LogP contribution in [0.15, 0.2) is 91.0 Å². The standard InChI is InChI=1S/C41H46N2O4S/c1-45-39-25-31(11-12-33(39)27-42-19-5-6-20-42)24-38-37-18-17-36(47-29-30-8-3-2-4-9-30)26-40(37)48-41(38)32-13-15-35(16-14-32)46-23-22-43-21-7-10-34(43)28-44/h2-4,8-9,11-18,25-26,34,44H,5-7,10,19-24,27-29H2,1H3/t34-/m0/s1. The first-order valence-electron chi connectivity index (χ1n) is 17.4. The minimum atomic E-state index is 0.225. The van der Waals surface area contributed by atoms with E-state index in [-0.39, 0.29) is 12.6 Å². The number of likely N-dealkylation sites (tertiary alicyclic amines) is 2. The van der Waals surface area contributed by atoms with Crippen molar-refractivity contribution in [3.05, 3.63) is 113 Å². The molecule has 1 atom stereocenters. The van der Waals surface area contributed by atoms with Crippen LogP contribution >= 0.6 is 11.3 Å². The number of aliphatic hydroxyl groups excluding tert-OH is 1. The molecule has 7 rings (SSSR count). The molecule has 1 aromatic heterocycles. The van der Waals surface area contributed by atoms with Crippen LogP contribution in [-0.4, -0.2) is 67.5 Å². The average molecular weight is 663 g/mol. The smallest absolute Gasteiger partial charge is 0.123 e. The van der Waals surface area contributed by atoms with Crippen LogP contribution in [0.2, 0.25) is 0 Å². The van der Waals surface area contributed by atoms with E-state index < -0.39 is 0 Å². The first-order valence-corrected chi connectivity index (χ1v) is 18.2. The zero-order chi connectivity index (χ0) is 32.7. The molecule has 4 aromatic carbocycles. The summed E-state index contributed by atoms with van der Waals surface area (Å²) >= 11 is 1.82. The third-order valence-electron chi connectivity index (χ3n) is 9.81. The third-order valence-corrected chi connectivity index (χ3v) is 11.1. The molecule has 0 unspecified atom stereocenters. The van der Waals surface area contributed by atoms with Gasteiger partial charge in [-0.2, -0.15) is 0 Å². The first kappa shape index (κ1) is 32.7. The molecule has 0 saturated carbocycles. The molecule has 2 aliphatic heterocycles. The molecule has 7 heteroatoms. The normalized spacial score (nSPS) is 16.9. The number of ether oxygens (including phenoxy) is 3. The van der Waals surface area contributed by atoms with Crippen LogP contribution in [0.3, 0.4) is 0 Å². The van der Waals surface area contributed by atoms with Crippen LogP contribution < -0.4 is 14.2 Å². The molecule has 1 N–H and O–H groups in total. The van der Waals surface area contributed by atoms with Gasteiger partial charge < -0.3 is 19.3 Å². The molecule has 250 valence electrons. The molecule has 3 heterocycles. The lowest BCUT2D eigenvalue weighted by atomic mass is 9.97. The predicted octanol–water partition coefficient (Wildman–Crippen LogP) is 8.18. The summed E-state index contributed by atoms with van der Waals surface area (Å²) < 4.78 is 19.5. The van der Waals surface area contributed by atoms with Crippen LogP contribution in [0.25, 0.3) is 20.5 Å². The summed E-state index contributed by atoms with van der Waals surface area (Å²) in [6.07, 6.45) is 5.58. The maximum absolute atomic E-state index is 9.64. The number of hydrogen-bond acceptors (Lipinski definition) is 7. The zero-order valence-electron chi connectivity index (χ0n) is 27.9. The summed E-state index contributed by atoms with van der Waals surface area (Å²) in [6, 6.07) is 32.4. The number of hydrogen-bond donors (Lipinski definition) is 1. The number of benzene rings is 4. The summed E-state index contributed by atoms with van der Waals surface area (Å²) in [5, 5.41) is 10.9. The van der Waals surface area contributed by atoms with Gasteiger partial charge in [0.1, 0.15) is 30.5 Å². The average Bonchev–Trinajstić information content (AvgIpc) is 3.89. The molecule has 2 saturated heterocycles. The summed E-state index contributed by atoms with van der Waals surface area (Å²) in [7, 11) is 1.79. The van der Waals surface area contributed by atoms with Gasteiger partial charge in [0.2, 0.25) is 0 Å². The first-order chi connectivity index (χ1) is 23.7. The molecule has 0 spiro atoms. The topological polar surface area (TPSA) is 54.4 Å². The van der Waals surface area contributed by atoms with Crippen molar-refractivity contribution in [2.75, 3.05) is 46.5 Å². The van der Waals surface area contributed by atoms with E-state index in [1.54, 1.807) is 7.11 Å². The van der Waals surface area contributed by atoms with Gasteiger partial charge in [0.15, 0.2) is 0 Å². The van der Waals surface area contributed by atoms with Gasteiger partial charge in [-0.3, -0.25) is 9.80 Å². The highest BCUT2D eigenvalue weighted by atomic mass is 32.1. The Kier molecular flexibility index (Phi) is 10.6. The highest BCUT2D eigenvalue weighted by Crippen LogP contribution is 2.42. The van der Waals surface area contributed by atoms with Crippen molar-refractivity contribution in [3.63, 3.8) is 0 Å². The minimum absolute atomic E-state index is 0.225. The molecule has 48 heavy (non-hydrogen) atoms. The van der Waals surface area contributed by atoms with Gasteiger partial charge in [0, 0.05) is 34.3 Å². The summed E-state index contributed by atoms with van der Waals surface area (Å²) in [5.41, 5.74) is 6.15. The number of nitrogens with zero attached hydrogens (tertiary/aromatic N) is 2. The predicted molar refractivity (Wildman–Crippen MR) is 196 cm³/mol. The SMILES string of the molecule is COc1cc(Cc2c(-c3ccc(OCCN4CCC[C@H]4CO)cc3)sc3cc(OCc4ccccc4)ccc23)ccc1CN1CCCC1. The van der Waals surface area contributed by atoms with E-state index in [2.05, 4.69) is 82.6 Å². The minimum Gasteiger partial charge on any atom is -0.496 e. The quantitative estimate of drug-likeness (QED) is 0.130. The van der Waals surface area contributed by atoms with E-state index in [1.165, 1.54) is 63.1 Å². The molecular formula is C41H46N2O4S. The van der Waals surface area contributed by atoms with E-state index in [0.717, 1.165) is 61.7 Å². The number of rotatable bonds is 14. The number of thiophene rings is 1. The van der Waals surface area contributed by atoms with E-state index >= 15 is 0 Å². The van der Waals surface area contributed by atoms with Gasteiger partial charge >= 0.3 is 0 Å².